The zero-order valence-corrected chi connectivity index (χ0v) is 22.9. The van der Waals surface area contributed by atoms with E-state index in [2.05, 4.69) is 0 Å². The number of carbonyl (C=O) groups excluding carboxylic acids is 2. The first-order chi connectivity index (χ1) is 19.2. The second kappa shape index (κ2) is 12.6. The van der Waals surface area contributed by atoms with E-state index in [0.717, 1.165) is 5.56 Å². The van der Waals surface area contributed by atoms with E-state index in [0.29, 0.717) is 33.0 Å². The number of methoxy groups -OCH3 is 1. The summed E-state index contributed by atoms with van der Waals surface area (Å²) in [4.78, 5) is 51.2. The molecule has 0 bridgehead atoms. The van der Waals surface area contributed by atoms with Gasteiger partial charge in [-0.05, 0) is 47.0 Å². The Morgan fingerprint density at radius 1 is 0.925 bits per heavy atom. The minimum absolute atomic E-state index is 0.00263. The first-order valence-corrected chi connectivity index (χ1v) is 13.1. The number of aromatic nitrogens is 1. The number of rotatable bonds is 11. The van der Waals surface area contributed by atoms with Gasteiger partial charge in [-0.2, -0.15) is 0 Å². The zero-order valence-electron chi connectivity index (χ0n) is 22.1. The van der Waals surface area contributed by atoms with E-state index in [9.17, 15) is 24.3 Å². The summed E-state index contributed by atoms with van der Waals surface area (Å²) in [6.45, 7) is 1.75. The molecule has 0 amide bonds. The number of ether oxygens (including phenoxy) is 1. The summed E-state index contributed by atoms with van der Waals surface area (Å²) >= 11 is 6.25. The third-order valence-electron chi connectivity index (χ3n) is 6.72. The number of ketones is 2. The molecule has 204 valence electrons. The predicted octanol–water partition coefficient (Wildman–Crippen LogP) is 6.06. The Morgan fingerprint density at radius 2 is 1.62 bits per heavy atom. The number of carboxylic acid groups (broad SMARTS) is 1. The average molecular weight is 558 g/mol. The number of Topliss-reactive ketones (excluding diaryl/α,β-unsaturated/α-hetero) is 2. The molecule has 0 radical (unpaired) electrons. The number of aromatic carboxylic acids is 1. The number of carboxylic acids is 1. The van der Waals surface area contributed by atoms with Crippen LogP contribution < -0.4 is 10.3 Å². The molecule has 8 heteroatoms. The van der Waals surface area contributed by atoms with E-state index in [1.165, 1.54) is 36.1 Å². The van der Waals surface area contributed by atoms with Crippen molar-refractivity contribution in [1.82, 2.24) is 4.57 Å². The number of hydrogen-bond donors (Lipinski definition) is 1. The maximum absolute atomic E-state index is 13.7. The van der Waals surface area contributed by atoms with Crippen LogP contribution in [0.25, 0.3) is 11.1 Å². The maximum atomic E-state index is 13.7. The highest BCUT2D eigenvalue weighted by atomic mass is 35.5. The van der Waals surface area contributed by atoms with Gasteiger partial charge in [0.2, 0.25) is 0 Å². The quantitative estimate of drug-likeness (QED) is 0.225. The van der Waals surface area contributed by atoms with Crippen LogP contribution in [0.3, 0.4) is 0 Å². The van der Waals surface area contributed by atoms with Crippen molar-refractivity contribution in [2.75, 3.05) is 7.11 Å². The van der Waals surface area contributed by atoms with Gasteiger partial charge in [-0.25, -0.2) is 4.79 Å². The van der Waals surface area contributed by atoms with E-state index < -0.39 is 17.6 Å². The molecule has 1 N–H and O–H groups in total. The van der Waals surface area contributed by atoms with Crippen LogP contribution in [0.4, 0.5) is 0 Å². The number of nitrogens with zero attached hydrogens (tertiary/aromatic N) is 1. The lowest BCUT2D eigenvalue weighted by atomic mass is 9.94. The molecule has 1 heterocycles. The Morgan fingerprint density at radius 3 is 2.25 bits per heavy atom. The van der Waals surface area contributed by atoms with Crippen LogP contribution in [-0.2, 0) is 17.6 Å². The van der Waals surface area contributed by atoms with Crippen molar-refractivity contribution in [1.29, 1.82) is 0 Å². The van der Waals surface area contributed by atoms with Crippen LogP contribution in [0.5, 0.6) is 5.75 Å². The van der Waals surface area contributed by atoms with Crippen LogP contribution in [-0.4, -0.2) is 34.3 Å². The molecular weight excluding hydrogens is 530 g/mol. The van der Waals surface area contributed by atoms with Gasteiger partial charge in [0.1, 0.15) is 5.75 Å². The van der Waals surface area contributed by atoms with Crippen LogP contribution >= 0.6 is 11.6 Å². The predicted molar refractivity (Wildman–Crippen MR) is 154 cm³/mol. The molecule has 1 atom stereocenters. The lowest BCUT2D eigenvalue weighted by Gasteiger charge is -2.22. The lowest BCUT2D eigenvalue weighted by Crippen LogP contribution is -2.32. The standard InChI is InChI=1S/C32H28ClNO6/c1-3-28(35)24-14-13-23(33)17-25(24)26-18-31(37)34(19-30(26)40-2)27(15-20-7-5-4-6-8-20)29(36)16-21-9-11-22(12-10-21)32(38)39/h4-14,17-19,27H,3,15-16H2,1-2H3,(H,38,39). The summed E-state index contributed by atoms with van der Waals surface area (Å²) in [6.07, 6.45) is 2.02. The molecule has 0 saturated carbocycles. The lowest BCUT2D eigenvalue weighted by molar-refractivity contribution is -0.121. The number of benzene rings is 3. The summed E-state index contributed by atoms with van der Waals surface area (Å²) < 4.78 is 7.01. The molecule has 0 saturated heterocycles. The molecule has 4 aromatic rings. The molecule has 0 aliphatic carbocycles. The maximum Gasteiger partial charge on any atom is 0.335 e. The average Bonchev–Trinajstić information content (AvgIpc) is 2.96. The minimum atomic E-state index is -1.05. The highest BCUT2D eigenvalue weighted by Gasteiger charge is 2.25. The molecule has 40 heavy (non-hydrogen) atoms. The molecule has 0 aliphatic rings. The molecule has 7 nitrogen and oxygen atoms in total. The topological polar surface area (TPSA) is 103 Å². The Balaban J connectivity index is 1.79. The summed E-state index contributed by atoms with van der Waals surface area (Å²) in [5.74, 6) is -1.08. The van der Waals surface area contributed by atoms with Crippen molar-refractivity contribution in [3.63, 3.8) is 0 Å². The highest BCUT2D eigenvalue weighted by Crippen LogP contribution is 2.34. The van der Waals surface area contributed by atoms with E-state index in [1.54, 1.807) is 37.3 Å². The van der Waals surface area contributed by atoms with E-state index in [4.69, 9.17) is 16.3 Å². The van der Waals surface area contributed by atoms with Gasteiger partial charge >= 0.3 is 5.97 Å². The van der Waals surface area contributed by atoms with Crippen molar-refractivity contribution in [2.45, 2.75) is 32.2 Å². The van der Waals surface area contributed by atoms with Gasteiger partial charge in [0.05, 0.1) is 24.9 Å². The molecule has 1 aromatic heterocycles. The first-order valence-electron chi connectivity index (χ1n) is 12.7. The first kappa shape index (κ1) is 28.5. The Kier molecular flexibility index (Phi) is 8.97. The normalized spacial score (nSPS) is 11.6. The van der Waals surface area contributed by atoms with Crippen molar-refractivity contribution in [3.05, 3.63) is 123 Å². The number of halogens is 1. The molecule has 4 rings (SSSR count). The van der Waals surface area contributed by atoms with E-state index >= 15 is 0 Å². The van der Waals surface area contributed by atoms with Gasteiger partial charge in [0.25, 0.3) is 5.56 Å². The Labute approximate surface area is 236 Å². The molecular formula is C32H28ClNO6. The molecule has 1 unspecified atom stereocenters. The van der Waals surface area contributed by atoms with Gasteiger partial charge in [-0.1, -0.05) is 61.0 Å². The van der Waals surface area contributed by atoms with E-state index in [-0.39, 0.29) is 36.4 Å². The van der Waals surface area contributed by atoms with Gasteiger partial charge in [-0.3, -0.25) is 14.4 Å². The Hall–Kier alpha value is -4.49. The smallest absolute Gasteiger partial charge is 0.335 e. The molecule has 3 aromatic carbocycles. The zero-order chi connectivity index (χ0) is 28.8. The van der Waals surface area contributed by atoms with Gasteiger partial charge in [0, 0.05) is 41.5 Å². The SMILES string of the molecule is CCC(=O)c1ccc(Cl)cc1-c1cc(=O)n(C(Cc2ccccc2)C(=O)Cc2ccc(C(=O)O)cc2)cc1OC. The van der Waals surface area contributed by atoms with Crippen molar-refractivity contribution >= 4 is 29.1 Å². The van der Waals surface area contributed by atoms with Gasteiger partial charge in [-0.15, -0.1) is 0 Å². The van der Waals surface area contributed by atoms with Crippen LogP contribution in [0.1, 0.15) is 51.2 Å². The largest absolute Gasteiger partial charge is 0.495 e. The fourth-order valence-electron chi connectivity index (χ4n) is 4.61. The summed E-state index contributed by atoms with van der Waals surface area (Å²) in [5.41, 5.74) is 2.47. The second-order valence-electron chi connectivity index (χ2n) is 9.32. The van der Waals surface area contributed by atoms with Gasteiger partial charge < -0.3 is 14.4 Å². The van der Waals surface area contributed by atoms with Crippen LogP contribution in [0, 0.1) is 0 Å². The molecule has 0 fully saturated rings. The van der Waals surface area contributed by atoms with Gasteiger partial charge in [0.15, 0.2) is 11.6 Å². The summed E-state index contributed by atoms with van der Waals surface area (Å²) in [5, 5.41) is 9.58. The third kappa shape index (κ3) is 6.38. The minimum Gasteiger partial charge on any atom is -0.495 e. The second-order valence-corrected chi connectivity index (χ2v) is 9.75. The highest BCUT2D eigenvalue weighted by molar-refractivity contribution is 6.31. The number of pyridine rings is 1. The van der Waals surface area contributed by atoms with Crippen LogP contribution in [0.15, 0.2) is 89.9 Å². The van der Waals surface area contributed by atoms with Crippen molar-refractivity contribution < 1.29 is 24.2 Å². The van der Waals surface area contributed by atoms with Crippen molar-refractivity contribution in [2.24, 2.45) is 0 Å². The fraction of sp³-hybridized carbons (Fsp3) is 0.188. The molecule has 0 aliphatic heterocycles. The summed E-state index contributed by atoms with van der Waals surface area (Å²) in [7, 11) is 1.46. The fourth-order valence-corrected chi connectivity index (χ4v) is 4.78. The number of hydrogen-bond acceptors (Lipinski definition) is 5. The summed E-state index contributed by atoms with van der Waals surface area (Å²) in [6, 6.07) is 20.8. The third-order valence-corrected chi connectivity index (χ3v) is 6.95. The van der Waals surface area contributed by atoms with Crippen LogP contribution in [0.2, 0.25) is 5.02 Å². The van der Waals surface area contributed by atoms with E-state index in [1.807, 2.05) is 30.3 Å². The molecule has 0 spiro atoms. The van der Waals surface area contributed by atoms with Crippen molar-refractivity contribution in [3.8, 4) is 16.9 Å². The number of carbonyl (C=O) groups is 3. The Bertz CT molecular complexity index is 1610. The monoisotopic (exact) mass is 557 g/mol.